The number of benzene rings is 1. The maximum Gasteiger partial charge on any atom is 0.242 e. The molecule has 0 saturated carbocycles. The van der Waals surface area contributed by atoms with E-state index in [0.717, 1.165) is 10.6 Å². The lowest BCUT2D eigenvalue weighted by molar-refractivity contribution is -0.141. The van der Waals surface area contributed by atoms with Crippen molar-refractivity contribution in [1.29, 1.82) is 0 Å². The SMILES string of the molecule is CCN(CC)C(=O)CN(C)C(=O)C1CC(=O)N(c2ccc(SC)cc2)C1. The van der Waals surface area contributed by atoms with Gasteiger partial charge < -0.3 is 14.7 Å². The zero-order chi connectivity index (χ0) is 19.3. The Kier molecular flexibility index (Phi) is 7.08. The Morgan fingerprint density at radius 2 is 1.81 bits per heavy atom. The Labute approximate surface area is 159 Å². The van der Waals surface area contributed by atoms with Gasteiger partial charge in [0.2, 0.25) is 17.7 Å². The van der Waals surface area contributed by atoms with Gasteiger partial charge in [0.15, 0.2) is 0 Å². The zero-order valence-corrected chi connectivity index (χ0v) is 16.7. The van der Waals surface area contributed by atoms with Crippen LogP contribution in [0, 0.1) is 5.92 Å². The van der Waals surface area contributed by atoms with Gasteiger partial charge in [-0.05, 0) is 44.4 Å². The van der Waals surface area contributed by atoms with Gasteiger partial charge in [0.1, 0.15) is 0 Å². The van der Waals surface area contributed by atoms with Crippen LogP contribution in [0.15, 0.2) is 29.2 Å². The first-order chi connectivity index (χ1) is 12.4. The normalized spacial score (nSPS) is 16.7. The molecule has 1 atom stereocenters. The highest BCUT2D eigenvalue weighted by Crippen LogP contribution is 2.27. The molecule has 1 saturated heterocycles. The molecule has 0 aliphatic carbocycles. The van der Waals surface area contributed by atoms with E-state index < -0.39 is 5.92 Å². The lowest BCUT2D eigenvalue weighted by atomic mass is 10.1. The highest BCUT2D eigenvalue weighted by molar-refractivity contribution is 7.98. The van der Waals surface area contributed by atoms with Crippen LogP contribution in [0.25, 0.3) is 0 Å². The van der Waals surface area contributed by atoms with Gasteiger partial charge in [0.25, 0.3) is 0 Å². The first kappa shape index (κ1) is 20.3. The number of rotatable bonds is 7. The Morgan fingerprint density at radius 3 is 2.35 bits per heavy atom. The van der Waals surface area contributed by atoms with Crippen LogP contribution in [0.2, 0.25) is 0 Å². The molecule has 1 aliphatic heterocycles. The molecule has 6 nitrogen and oxygen atoms in total. The number of amides is 3. The summed E-state index contributed by atoms with van der Waals surface area (Å²) in [7, 11) is 1.63. The van der Waals surface area contributed by atoms with Gasteiger partial charge in [-0.15, -0.1) is 11.8 Å². The summed E-state index contributed by atoms with van der Waals surface area (Å²) in [5.41, 5.74) is 0.810. The van der Waals surface area contributed by atoms with Crippen LogP contribution < -0.4 is 4.90 Å². The summed E-state index contributed by atoms with van der Waals surface area (Å²) in [6.45, 7) is 5.49. The Balaban J connectivity index is 2.00. The summed E-state index contributed by atoms with van der Waals surface area (Å²) in [6, 6.07) is 7.75. The number of likely N-dealkylation sites (N-methyl/N-ethyl adjacent to an activating group) is 2. The quantitative estimate of drug-likeness (QED) is 0.683. The molecule has 1 unspecified atom stereocenters. The van der Waals surface area contributed by atoms with Gasteiger partial charge in [0, 0.05) is 43.7 Å². The second-order valence-electron chi connectivity index (χ2n) is 6.36. The van der Waals surface area contributed by atoms with Crippen molar-refractivity contribution in [3.8, 4) is 0 Å². The molecule has 0 bridgehead atoms. The zero-order valence-electron chi connectivity index (χ0n) is 15.9. The lowest BCUT2D eigenvalue weighted by Gasteiger charge is -2.25. The van der Waals surface area contributed by atoms with Crippen LogP contribution in [-0.4, -0.2) is 67.0 Å². The minimum Gasteiger partial charge on any atom is -0.342 e. The largest absolute Gasteiger partial charge is 0.342 e. The van der Waals surface area contributed by atoms with E-state index in [2.05, 4.69) is 0 Å². The van der Waals surface area contributed by atoms with Crippen LogP contribution in [0.3, 0.4) is 0 Å². The third-order valence-electron chi connectivity index (χ3n) is 4.72. The molecular weight excluding hydrogens is 350 g/mol. The predicted octanol–water partition coefficient (Wildman–Crippen LogP) is 2.09. The minimum absolute atomic E-state index is 0.0492. The van der Waals surface area contributed by atoms with Crippen LogP contribution in [-0.2, 0) is 14.4 Å². The van der Waals surface area contributed by atoms with Crippen molar-refractivity contribution in [3.63, 3.8) is 0 Å². The number of thioether (sulfide) groups is 1. The molecule has 0 radical (unpaired) electrons. The first-order valence-corrected chi connectivity index (χ1v) is 10.1. The monoisotopic (exact) mass is 377 g/mol. The Bertz CT molecular complexity index is 658. The molecule has 0 N–H and O–H groups in total. The summed E-state index contributed by atoms with van der Waals surface area (Å²) < 4.78 is 0. The molecule has 0 aromatic heterocycles. The van der Waals surface area contributed by atoms with E-state index in [4.69, 9.17) is 0 Å². The number of hydrogen-bond donors (Lipinski definition) is 0. The number of hydrogen-bond acceptors (Lipinski definition) is 4. The molecule has 1 aromatic rings. The molecule has 1 aromatic carbocycles. The van der Waals surface area contributed by atoms with Crippen molar-refractivity contribution in [2.24, 2.45) is 5.92 Å². The van der Waals surface area contributed by atoms with Gasteiger partial charge in [-0.2, -0.15) is 0 Å². The summed E-state index contributed by atoms with van der Waals surface area (Å²) in [5, 5.41) is 0. The fourth-order valence-electron chi connectivity index (χ4n) is 3.15. The van der Waals surface area contributed by atoms with Gasteiger partial charge in [-0.3, -0.25) is 14.4 Å². The van der Waals surface area contributed by atoms with Crippen molar-refractivity contribution in [2.75, 3.05) is 44.4 Å². The van der Waals surface area contributed by atoms with E-state index in [9.17, 15) is 14.4 Å². The number of anilines is 1. The van der Waals surface area contributed by atoms with E-state index in [1.165, 1.54) is 4.90 Å². The van der Waals surface area contributed by atoms with Crippen molar-refractivity contribution in [3.05, 3.63) is 24.3 Å². The molecule has 1 fully saturated rings. The minimum atomic E-state index is -0.405. The van der Waals surface area contributed by atoms with E-state index in [0.29, 0.717) is 19.6 Å². The number of carbonyl (C=O) groups is 3. The summed E-state index contributed by atoms with van der Waals surface area (Å²) >= 11 is 1.64. The summed E-state index contributed by atoms with van der Waals surface area (Å²) in [4.78, 5) is 43.2. The predicted molar refractivity (Wildman–Crippen MR) is 104 cm³/mol. The van der Waals surface area contributed by atoms with Crippen LogP contribution >= 0.6 is 11.8 Å². The average Bonchev–Trinajstić information content (AvgIpc) is 3.03. The highest BCUT2D eigenvalue weighted by atomic mass is 32.2. The van der Waals surface area contributed by atoms with Crippen molar-refractivity contribution >= 4 is 35.2 Å². The third kappa shape index (κ3) is 4.58. The van der Waals surface area contributed by atoms with Crippen molar-refractivity contribution in [1.82, 2.24) is 9.80 Å². The van der Waals surface area contributed by atoms with E-state index in [1.54, 1.807) is 28.6 Å². The second-order valence-corrected chi connectivity index (χ2v) is 7.24. The summed E-state index contributed by atoms with van der Waals surface area (Å²) in [6.07, 6.45) is 2.19. The number of carbonyl (C=O) groups excluding carboxylic acids is 3. The molecule has 142 valence electrons. The van der Waals surface area contributed by atoms with Crippen molar-refractivity contribution < 1.29 is 14.4 Å². The van der Waals surface area contributed by atoms with E-state index in [1.807, 2.05) is 44.4 Å². The maximum absolute atomic E-state index is 12.7. The molecule has 3 amide bonds. The molecule has 0 spiro atoms. The van der Waals surface area contributed by atoms with Crippen LogP contribution in [0.1, 0.15) is 20.3 Å². The van der Waals surface area contributed by atoms with Gasteiger partial charge in [-0.25, -0.2) is 0 Å². The van der Waals surface area contributed by atoms with Gasteiger partial charge in [0.05, 0.1) is 12.5 Å². The second kappa shape index (κ2) is 9.07. The van der Waals surface area contributed by atoms with Gasteiger partial charge in [-0.1, -0.05) is 0 Å². The Morgan fingerprint density at radius 1 is 1.19 bits per heavy atom. The standard InChI is InChI=1S/C19H27N3O3S/c1-5-21(6-2)18(24)13-20(3)19(25)14-11-17(23)22(12-14)15-7-9-16(26-4)10-8-15/h7-10,14H,5-6,11-13H2,1-4H3. The van der Waals surface area contributed by atoms with Crippen LogP contribution in [0.4, 0.5) is 5.69 Å². The average molecular weight is 378 g/mol. The fraction of sp³-hybridized carbons (Fsp3) is 0.526. The topological polar surface area (TPSA) is 60.9 Å². The smallest absolute Gasteiger partial charge is 0.242 e. The molecule has 26 heavy (non-hydrogen) atoms. The molecule has 1 aliphatic rings. The summed E-state index contributed by atoms with van der Waals surface area (Å²) in [5.74, 6) is -0.678. The Hall–Kier alpha value is -2.02. The third-order valence-corrected chi connectivity index (χ3v) is 5.47. The van der Waals surface area contributed by atoms with Crippen LogP contribution in [0.5, 0.6) is 0 Å². The van der Waals surface area contributed by atoms with Gasteiger partial charge >= 0.3 is 0 Å². The lowest BCUT2D eigenvalue weighted by Crippen LogP contribution is -2.43. The van der Waals surface area contributed by atoms with E-state index in [-0.39, 0.29) is 30.7 Å². The van der Waals surface area contributed by atoms with E-state index >= 15 is 0 Å². The fourth-order valence-corrected chi connectivity index (χ4v) is 3.56. The van der Waals surface area contributed by atoms with Crippen molar-refractivity contribution in [2.45, 2.75) is 25.2 Å². The molecule has 2 rings (SSSR count). The first-order valence-electron chi connectivity index (χ1n) is 8.88. The number of nitrogens with zero attached hydrogens (tertiary/aromatic N) is 3. The highest BCUT2D eigenvalue weighted by Gasteiger charge is 2.36. The maximum atomic E-state index is 12.7. The molecule has 1 heterocycles. The molecule has 7 heteroatoms. The molecular formula is C19H27N3O3S.